The Morgan fingerprint density at radius 3 is 2.71 bits per heavy atom. The van der Waals surface area contributed by atoms with Gasteiger partial charge in [-0.15, -0.1) is 13.2 Å². The summed E-state index contributed by atoms with van der Waals surface area (Å²) in [6.07, 6.45) is 4.69. The number of hydrogen-bond donors (Lipinski definition) is 1. The molecular formula is C13H17N. The van der Waals surface area contributed by atoms with Crippen LogP contribution >= 0.6 is 0 Å². The van der Waals surface area contributed by atoms with Crippen LogP contribution in [0.5, 0.6) is 0 Å². The van der Waals surface area contributed by atoms with Crippen LogP contribution in [0.4, 0.5) is 5.69 Å². The monoisotopic (exact) mass is 187 g/mol. The lowest BCUT2D eigenvalue weighted by Crippen LogP contribution is -2.01. The van der Waals surface area contributed by atoms with E-state index >= 15 is 0 Å². The fraction of sp³-hybridized carbons (Fsp3) is 0.231. The third kappa shape index (κ3) is 2.77. The van der Waals surface area contributed by atoms with Gasteiger partial charge in [0, 0.05) is 12.2 Å². The minimum atomic E-state index is 0.799. The van der Waals surface area contributed by atoms with Gasteiger partial charge >= 0.3 is 0 Å². The van der Waals surface area contributed by atoms with Crippen LogP contribution < -0.4 is 5.32 Å². The Morgan fingerprint density at radius 1 is 1.29 bits per heavy atom. The highest BCUT2D eigenvalue weighted by atomic mass is 14.9. The van der Waals surface area contributed by atoms with Crippen molar-refractivity contribution >= 4 is 5.69 Å². The molecule has 0 amide bonds. The second-order valence-electron chi connectivity index (χ2n) is 3.32. The number of hydrogen-bond acceptors (Lipinski definition) is 1. The molecule has 74 valence electrons. The van der Waals surface area contributed by atoms with E-state index in [4.69, 9.17) is 0 Å². The van der Waals surface area contributed by atoms with Crippen molar-refractivity contribution < 1.29 is 0 Å². The number of nitrogens with one attached hydrogen (secondary N) is 1. The lowest BCUT2D eigenvalue weighted by molar-refractivity contribution is 1.22. The van der Waals surface area contributed by atoms with E-state index in [1.165, 1.54) is 16.8 Å². The number of rotatable bonds is 5. The third-order valence-corrected chi connectivity index (χ3v) is 2.06. The van der Waals surface area contributed by atoms with Crippen molar-refractivity contribution in [2.45, 2.75) is 13.3 Å². The number of anilines is 1. The van der Waals surface area contributed by atoms with Crippen LogP contribution in [0.1, 0.15) is 11.1 Å². The van der Waals surface area contributed by atoms with Gasteiger partial charge in [0.1, 0.15) is 0 Å². The first-order valence-electron chi connectivity index (χ1n) is 4.83. The summed E-state index contributed by atoms with van der Waals surface area (Å²) in [5, 5.41) is 3.31. The predicted molar refractivity (Wildman–Crippen MR) is 63.8 cm³/mol. The zero-order valence-electron chi connectivity index (χ0n) is 8.72. The molecule has 1 aromatic rings. The topological polar surface area (TPSA) is 12.0 Å². The quantitative estimate of drug-likeness (QED) is 0.697. The lowest BCUT2D eigenvalue weighted by Gasteiger charge is -2.10. The standard InChI is InChI=1S/C13H17N/c1-4-6-12-10-11(3)7-8-13(12)14-9-5-2/h4-5,7-8,10,14H,1-2,6,9H2,3H3. The lowest BCUT2D eigenvalue weighted by atomic mass is 10.1. The Labute approximate surface area is 86.2 Å². The molecule has 0 spiro atoms. The van der Waals surface area contributed by atoms with Crippen LogP contribution in [0.15, 0.2) is 43.5 Å². The summed E-state index contributed by atoms with van der Waals surface area (Å²) < 4.78 is 0. The maximum absolute atomic E-state index is 3.76. The second-order valence-corrected chi connectivity index (χ2v) is 3.32. The smallest absolute Gasteiger partial charge is 0.0378 e. The van der Waals surface area contributed by atoms with Gasteiger partial charge in [0.15, 0.2) is 0 Å². The zero-order valence-corrected chi connectivity index (χ0v) is 8.72. The maximum atomic E-state index is 3.76. The molecule has 0 aromatic heterocycles. The van der Waals surface area contributed by atoms with Gasteiger partial charge in [0.2, 0.25) is 0 Å². The Kier molecular flexibility index (Phi) is 3.99. The third-order valence-electron chi connectivity index (χ3n) is 2.06. The summed E-state index contributed by atoms with van der Waals surface area (Å²) in [4.78, 5) is 0. The van der Waals surface area contributed by atoms with E-state index in [1.807, 2.05) is 12.2 Å². The SMILES string of the molecule is C=CCNc1ccc(C)cc1CC=C. The van der Waals surface area contributed by atoms with Crippen LogP contribution in [-0.2, 0) is 6.42 Å². The molecule has 0 aliphatic rings. The highest BCUT2D eigenvalue weighted by Gasteiger charge is 1.99. The van der Waals surface area contributed by atoms with E-state index in [0.717, 1.165) is 13.0 Å². The Bertz CT molecular complexity index is 326. The summed E-state index contributed by atoms with van der Waals surface area (Å²) in [6, 6.07) is 6.41. The van der Waals surface area contributed by atoms with E-state index in [2.05, 4.69) is 43.6 Å². The van der Waals surface area contributed by atoms with Crippen molar-refractivity contribution in [3.63, 3.8) is 0 Å². The summed E-state index contributed by atoms with van der Waals surface area (Å²) in [6.45, 7) is 10.3. The normalized spacial score (nSPS) is 9.50. The summed E-state index contributed by atoms with van der Waals surface area (Å²) >= 11 is 0. The molecule has 1 N–H and O–H groups in total. The molecule has 1 rings (SSSR count). The molecule has 0 bridgehead atoms. The van der Waals surface area contributed by atoms with E-state index in [0.29, 0.717) is 0 Å². The number of allylic oxidation sites excluding steroid dienone is 1. The van der Waals surface area contributed by atoms with E-state index in [-0.39, 0.29) is 0 Å². The van der Waals surface area contributed by atoms with Crippen LogP contribution in [0.3, 0.4) is 0 Å². The van der Waals surface area contributed by atoms with Crippen molar-refractivity contribution in [3.8, 4) is 0 Å². The molecule has 1 aromatic carbocycles. The van der Waals surface area contributed by atoms with Gasteiger partial charge in [-0.25, -0.2) is 0 Å². The summed E-state index contributed by atoms with van der Waals surface area (Å²) in [7, 11) is 0. The minimum absolute atomic E-state index is 0.799. The van der Waals surface area contributed by atoms with Crippen molar-refractivity contribution in [3.05, 3.63) is 54.6 Å². The van der Waals surface area contributed by atoms with E-state index in [9.17, 15) is 0 Å². The first-order chi connectivity index (χ1) is 6.77. The van der Waals surface area contributed by atoms with Crippen LogP contribution in [0, 0.1) is 6.92 Å². The van der Waals surface area contributed by atoms with Gasteiger partial charge in [0.05, 0.1) is 0 Å². The van der Waals surface area contributed by atoms with E-state index < -0.39 is 0 Å². The number of benzene rings is 1. The molecule has 0 unspecified atom stereocenters. The largest absolute Gasteiger partial charge is 0.381 e. The van der Waals surface area contributed by atoms with Crippen molar-refractivity contribution in [2.75, 3.05) is 11.9 Å². The zero-order chi connectivity index (χ0) is 10.4. The van der Waals surface area contributed by atoms with Gasteiger partial charge < -0.3 is 5.32 Å². The molecule has 0 fully saturated rings. The van der Waals surface area contributed by atoms with Gasteiger partial charge in [-0.2, -0.15) is 0 Å². The fourth-order valence-electron chi connectivity index (χ4n) is 1.40. The van der Waals surface area contributed by atoms with Gasteiger partial charge in [-0.3, -0.25) is 0 Å². The first kappa shape index (κ1) is 10.6. The van der Waals surface area contributed by atoms with E-state index in [1.54, 1.807) is 0 Å². The highest BCUT2D eigenvalue weighted by molar-refractivity contribution is 5.53. The summed E-state index contributed by atoms with van der Waals surface area (Å²) in [5.41, 5.74) is 3.75. The van der Waals surface area contributed by atoms with Crippen LogP contribution in [-0.4, -0.2) is 6.54 Å². The minimum Gasteiger partial charge on any atom is -0.381 e. The molecule has 0 radical (unpaired) electrons. The molecule has 14 heavy (non-hydrogen) atoms. The first-order valence-corrected chi connectivity index (χ1v) is 4.83. The molecule has 1 heteroatoms. The molecule has 0 atom stereocenters. The Morgan fingerprint density at radius 2 is 2.07 bits per heavy atom. The van der Waals surface area contributed by atoms with Crippen molar-refractivity contribution in [1.82, 2.24) is 0 Å². The van der Waals surface area contributed by atoms with Gasteiger partial charge in [-0.1, -0.05) is 29.8 Å². The molecule has 0 saturated heterocycles. The van der Waals surface area contributed by atoms with Crippen molar-refractivity contribution in [2.24, 2.45) is 0 Å². The number of aryl methyl sites for hydroxylation is 1. The second kappa shape index (κ2) is 5.28. The average molecular weight is 187 g/mol. The van der Waals surface area contributed by atoms with Gasteiger partial charge in [-0.05, 0) is 25.0 Å². The van der Waals surface area contributed by atoms with Crippen LogP contribution in [0.25, 0.3) is 0 Å². The van der Waals surface area contributed by atoms with Gasteiger partial charge in [0.25, 0.3) is 0 Å². The fourth-order valence-corrected chi connectivity index (χ4v) is 1.40. The highest BCUT2D eigenvalue weighted by Crippen LogP contribution is 2.17. The molecule has 0 saturated carbocycles. The molecular weight excluding hydrogens is 170 g/mol. The molecule has 0 heterocycles. The maximum Gasteiger partial charge on any atom is 0.0378 e. The van der Waals surface area contributed by atoms with Crippen molar-refractivity contribution in [1.29, 1.82) is 0 Å². The predicted octanol–water partition coefficient (Wildman–Crippen LogP) is 3.32. The average Bonchev–Trinajstić information content (AvgIpc) is 2.17. The molecule has 0 aliphatic heterocycles. The summed E-state index contributed by atoms with van der Waals surface area (Å²) in [5.74, 6) is 0. The van der Waals surface area contributed by atoms with Crippen LogP contribution in [0.2, 0.25) is 0 Å². The molecule has 1 nitrogen and oxygen atoms in total. The molecule has 0 aliphatic carbocycles. The Hall–Kier alpha value is -1.50. The Balaban J connectivity index is 2.88.